The van der Waals surface area contributed by atoms with Crippen LogP contribution in [0.3, 0.4) is 0 Å². The molecule has 1 saturated carbocycles. The molecule has 0 aromatic carbocycles. The van der Waals surface area contributed by atoms with E-state index < -0.39 is 0 Å². The number of rotatable bonds is 2. The van der Waals surface area contributed by atoms with E-state index in [1.165, 1.54) is 6.92 Å². The van der Waals surface area contributed by atoms with Crippen molar-refractivity contribution in [3.63, 3.8) is 0 Å². The lowest BCUT2D eigenvalue weighted by Crippen LogP contribution is -2.20. The van der Waals surface area contributed by atoms with Crippen molar-refractivity contribution >= 4 is 5.78 Å². The second kappa shape index (κ2) is 4.51. The number of hydrogen-bond donors (Lipinski definition) is 2. The van der Waals surface area contributed by atoms with E-state index in [0.29, 0.717) is 5.56 Å². The summed E-state index contributed by atoms with van der Waals surface area (Å²) < 4.78 is 0. The van der Waals surface area contributed by atoms with Crippen LogP contribution in [-0.4, -0.2) is 23.0 Å². The number of nitrogens with zero attached hydrogens (tertiary/aromatic N) is 1. The Morgan fingerprint density at radius 2 is 2.07 bits per heavy atom. The molecule has 1 aromatic heterocycles. The summed E-state index contributed by atoms with van der Waals surface area (Å²) in [5, 5.41) is 7.00. The van der Waals surface area contributed by atoms with Crippen LogP contribution in [0.25, 0.3) is 0 Å². The second-order valence-corrected chi connectivity index (χ2v) is 3.64. The molecule has 4 nitrogen and oxygen atoms in total. The van der Waals surface area contributed by atoms with Crippen molar-refractivity contribution in [1.29, 1.82) is 0 Å². The molecule has 4 heteroatoms. The van der Waals surface area contributed by atoms with Gasteiger partial charge < -0.3 is 10.8 Å². The van der Waals surface area contributed by atoms with Gasteiger partial charge in [0.05, 0.1) is 11.2 Å². The summed E-state index contributed by atoms with van der Waals surface area (Å²) in [4.78, 5) is 15.1. The van der Waals surface area contributed by atoms with Crippen LogP contribution in [-0.2, 0) is 5.54 Å². The number of aromatic nitrogens is 1. The van der Waals surface area contributed by atoms with Gasteiger partial charge in [-0.2, -0.15) is 0 Å². The van der Waals surface area contributed by atoms with Crippen LogP contribution in [0.2, 0.25) is 0 Å². The molecule has 3 N–H and O–H groups in total. The fourth-order valence-corrected chi connectivity index (χ4v) is 1.29. The van der Waals surface area contributed by atoms with Crippen LogP contribution in [0.1, 0.15) is 35.8 Å². The first-order valence-corrected chi connectivity index (χ1v) is 4.83. The Morgan fingerprint density at radius 3 is 2.40 bits per heavy atom. The molecule has 1 aliphatic rings. The molecule has 1 fully saturated rings. The predicted molar refractivity (Wildman–Crippen MR) is 57.5 cm³/mol. The standard InChI is InChI=1S/C10H12N2O.CH4O/c1-7(13)8-2-3-9(12-6-8)10(11)4-5-10;1-2/h2-3,6H,4-5,11H2,1H3;2H,1H3. The lowest BCUT2D eigenvalue weighted by atomic mass is 10.1. The SMILES string of the molecule is CC(=O)c1ccc(C2(N)CC2)nc1.CO. The second-order valence-electron chi connectivity index (χ2n) is 3.64. The molecular formula is C11H16N2O2. The zero-order chi connectivity index (χ0) is 11.5. The van der Waals surface area contributed by atoms with Crippen molar-refractivity contribution in [2.24, 2.45) is 5.73 Å². The third kappa shape index (κ3) is 2.61. The number of pyridine rings is 1. The van der Waals surface area contributed by atoms with Gasteiger partial charge in [0.25, 0.3) is 0 Å². The molecule has 1 aromatic rings. The van der Waals surface area contributed by atoms with Gasteiger partial charge >= 0.3 is 0 Å². The number of aliphatic hydroxyl groups is 1. The number of nitrogens with two attached hydrogens (primary N) is 1. The zero-order valence-electron chi connectivity index (χ0n) is 9.03. The number of carbonyl (C=O) groups excluding carboxylic acids is 1. The Bertz CT molecular complexity index is 342. The lowest BCUT2D eigenvalue weighted by molar-refractivity contribution is 0.101. The Morgan fingerprint density at radius 1 is 1.47 bits per heavy atom. The van der Waals surface area contributed by atoms with Crippen LogP contribution in [0.15, 0.2) is 18.3 Å². The smallest absolute Gasteiger partial charge is 0.161 e. The molecule has 1 heterocycles. The normalized spacial score (nSPS) is 16.3. The number of Topliss-reactive ketones (excluding diaryl/α,β-unsaturated/α-hetero) is 1. The van der Waals surface area contributed by atoms with Gasteiger partial charge in [-0.1, -0.05) is 0 Å². The molecule has 0 aliphatic heterocycles. The van der Waals surface area contributed by atoms with Crippen LogP contribution >= 0.6 is 0 Å². The van der Waals surface area contributed by atoms with Crippen molar-refractivity contribution in [2.45, 2.75) is 25.3 Å². The summed E-state index contributed by atoms with van der Waals surface area (Å²) >= 11 is 0. The molecule has 0 unspecified atom stereocenters. The fraction of sp³-hybridized carbons (Fsp3) is 0.455. The van der Waals surface area contributed by atoms with E-state index in [-0.39, 0.29) is 11.3 Å². The van der Waals surface area contributed by atoms with Crippen LogP contribution < -0.4 is 5.73 Å². The molecule has 0 bridgehead atoms. The first-order valence-electron chi connectivity index (χ1n) is 4.83. The van der Waals surface area contributed by atoms with E-state index in [1.807, 2.05) is 6.07 Å². The van der Waals surface area contributed by atoms with E-state index in [0.717, 1.165) is 25.6 Å². The fourth-order valence-electron chi connectivity index (χ4n) is 1.29. The van der Waals surface area contributed by atoms with E-state index >= 15 is 0 Å². The van der Waals surface area contributed by atoms with Crippen molar-refractivity contribution in [3.05, 3.63) is 29.6 Å². The monoisotopic (exact) mass is 208 g/mol. The van der Waals surface area contributed by atoms with Gasteiger partial charge in [-0.25, -0.2) is 0 Å². The Labute approximate surface area is 89.1 Å². The van der Waals surface area contributed by atoms with Crippen molar-refractivity contribution in [3.8, 4) is 0 Å². The Kier molecular flexibility index (Phi) is 3.55. The molecule has 0 saturated heterocycles. The molecular weight excluding hydrogens is 192 g/mol. The van der Waals surface area contributed by atoms with Crippen LogP contribution in [0, 0.1) is 0 Å². The van der Waals surface area contributed by atoms with Crippen molar-refractivity contribution in [2.75, 3.05) is 7.11 Å². The maximum atomic E-state index is 11.0. The highest BCUT2D eigenvalue weighted by Crippen LogP contribution is 2.41. The molecule has 0 spiro atoms. The molecule has 0 amide bonds. The molecule has 2 rings (SSSR count). The van der Waals surface area contributed by atoms with Crippen LogP contribution in [0.5, 0.6) is 0 Å². The van der Waals surface area contributed by atoms with Gasteiger partial charge in [-0.15, -0.1) is 0 Å². The van der Waals surface area contributed by atoms with Gasteiger partial charge in [0, 0.05) is 18.9 Å². The van der Waals surface area contributed by atoms with Gasteiger partial charge in [0.15, 0.2) is 5.78 Å². The van der Waals surface area contributed by atoms with E-state index in [4.69, 9.17) is 10.8 Å². The number of hydrogen-bond acceptors (Lipinski definition) is 4. The summed E-state index contributed by atoms with van der Waals surface area (Å²) in [6, 6.07) is 3.64. The minimum atomic E-state index is -0.199. The summed E-state index contributed by atoms with van der Waals surface area (Å²) in [6.07, 6.45) is 3.60. The van der Waals surface area contributed by atoms with E-state index in [9.17, 15) is 4.79 Å². The van der Waals surface area contributed by atoms with E-state index in [2.05, 4.69) is 4.98 Å². The quantitative estimate of drug-likeness (QED) is 0.706. The van der Waals surface area contributed by atoms with Crippen molar-refractivity contribution in [1.82, 2.24) is 4.98 Å². The van der Waals surface area contributed by atoms with Gasteiger partial charge in [-0.3, -0.25) is 9.78 Å². The van der Waals surface area contributed by atoms with E-state index in [1.54, 1.807) is 12.3 Å². The topological polar surface area (TPSA) is 76.2 Å². The number of aliphatic hydroxyl groups excluding tert-OH is 1. The third-order valence-electron chi connectivity index (χ3n) is 2.47. The molecule has 0 radical (unpaired) electrons. The average Bonchev–Trinajstić information content (AvgIpc) is 3.01. The average molecular weight is 208 g/mol. The van der Waals surface area contributed by atoms with Gasteiger partial charge in [0.2, 0.25) is 0 Å². The van der Waals surface area contributed by atoms with Crippen molar-refractivity contribution < 1.29 is 9.90 Å². The summed E-state index contributed by atoms with van der Waals surface area (Å²) in [7, 11) is 1.00. The summed E-state index contributed by atoms with van der Waals surface area (Å²) in [5.41, 5.74) is 7.29. The third-order valence-corrected chi connectivity index (χ3v) is 2.47. The van der Waals surface area contributed by atoms with Gasteiger partial charge in [0.1, 0.15) is 0 Å². The highest BCUT2D eigenvalue weighted by Gasteiger charge is 2.41. The number of carbonyl (C=O) groups is 1. The minimum Gasteiger partial charge on any atom is -0.400 e. The molecule has 0 atom stereocenters. The maximum absolute atomic E-state index is 11.0. The highest BCUT2D eigenvalue weighted by atomic mass is 16.2. The van der Waals surface area contributed by atoms with Gasteiger partial charge in [-0.05, 0) is 31.9 Å². The summed E-state index contributed by atoms with van der Waals surface area (Å²) in [6.45, 7) is 1.53. The first kappa shape index (κ1) is 11.8. The first-order chi connectivity index (χ1) is 7.12. The summed E-state index contributed by atoms with van der Waals surface area (Å²) in [5.74, 6) is 0.0425. The Hall–Kier alpha value is -1.26. The highest BCUT2D eigenvalue weighted by molar-refractivity contribution is 5.93. The largest absolute Gasteiger partial charge is 0.400 e. The Balaban J connectivity index is 0.000000531. The number of ketones is 1. The van der Waals surface area contributed by atoms with Crippen LogP contribution in [0.4, 0.5) is 0 Å². The molecule has 1 aliphatic carbocycles. The minimum absolute atomic E-state index is 0.0425. The molecule has 15 heavy (non-hydrogen) atoms. The zero-order valence-corrected chi connectivity index (χ0v) is 9.03. The molecule has 82 valence electrons. The predicted octanol–water partition coefficient (Wildman–Crippen LogP) is 0.841. The lowest BCUT2D eigenvalue weighted by Gasteiger charge is -2.07. The maximum Gasteiger partial charge on any atom is 0.161 e.